The van der Waals surface area contributed by atoms with Gasteiger partial charge in [-0.2, -0.15) is 0 Å². The summed E-state index contributed by atoms with van der Waals surface area (Å²) in [7, 11) is 8.35. The molecule has 30 heavy (non-hydrogen) atoms. The third-order valence-electron chi connectivity index (χ3n) is 5.50. The first-order valence-corrected chi connectivity index (χ1v) is 10.3. The van der Waals surface area contributed by atoms with Crippen molar-refractivity contribution in [1.29, 1.82) is 0 Å². The van der Waals surface area contributed by atoms with Crippen LogP contribution in [0.4, 0.5) is 11.4 Å². The SMILES string of the molecule is CN(C)c1ccc(-c2ccc(N(C)C)cc2-c2ccccc2)c(-c2ccccc2)c1. The molecule has 2 heteroatoms. The van der Waals surface area contributed by atoms with Crippen LogP contribution in [0.5, 0.6) is 0 Å². The van der Waals surface area contributed by atoms with E-state index in [2.05, 4.69) is 135 Å². The van der Waals surface area contributed by atoms with E-state index >= 15 is 0 Å². The van der Waals surface area contributed by atoms with Crippen molar-refractivity contribution in [1.82, 2.24) is 0 Å². The van der Waals surface area contributed by atoms with Gasteiger partial charge in [0.1, 0.15) is 0 Å². The molecule has 0 N–H and O–H groups in total. The number of benzene rings is 4. The summed E-state index contributed by atoms with van der Waals surface area (Å²) >= 11 is 0. The summed E-state index contributed by atoms with van der Waals surface area (Å²) in [4.78, 5) is 4.31. The van der Waals surface area contributed by atoms with Crippen LogP contribution in [-0.4, -0.2) is 28.2 Å². The van der Waals surface area contributed by atoms with Crippen LogP contribution in [0.1, 0.15) is 0 Å². The summed E-state index contributed by atoms with van der Waals surface area (Å²) in [5.41, 5.74) is 9.84. The van der Waals surface area contributed by atoms with Gasteiger partial charge in [-0.1, -0.05) is 72.8 Å². The molecule has 4 rings (SSSR count). The Hall–Kier alpha value is -3.52. The van der Waals surface area contributed by atoms with Crippen LogP contribution in [0, 0.1) is 0 Å². The van der Waals surface area contributed by atoms with Crippen molar-refractivity contribution in [2.75, 3.05) is 38.0 Å². The van der Waals surface area contributed by atoms with Gasteiger partial charge in [0.05, 0.1) is 0 Å². The Labute approximate surface area is 180 Å². The van der Waals surface area contributed by atoms with Gasteiger partial charge < -0.3 is 9.80 Å². The monoisotopic (exact) mass is 392 g/mol. The summed E-state index contributed by atoms with van der Waals surface area (Å²) in [6.45, 7) is 0. The first kappa shape index (κ1) is 19.8. The standard InChI is InChI=1S/C28H28N2/c1-29(2)23-15-17-25(27(19-23)21-11-7-5-8-12-21)26-18-16-24(30(3)4)20-28(26)22-13-9-6-10-14-22/h5-20H,1-4H3. The van der Waals surface area contributed by atoms with Gasteiger partial charge in [0.15, 0.2) is 0 Å². The molecule has 0 unspecified atom stereocenters. The second kappa shape index (κ2) is 8.46. The van der Waals surface area contributed by atoms with Crippen molar-refractivity contribution >= 4 is 11.4 Å². The van der Waals surface area contributed by atoms with Gasteiger partial charge in [0, 0.05) is 39.6 Å². The summed E-state index contributed by atoms with van der Waals surface area (Å²) < 4.78 is 0. The summed E-state index contributed by atoms with van der Waals surface area (Å²) in [5, 5.41) is 0. The van der Waals surface area contributed by atoms with Gasteiger partial charge in [-0.15, -0.1) is 0 Å². The molecule has 4 aromatic carbocycles. The average Bonchev–Trinajstić information content (AvgIpc) is 2.79. The molecular weight excluding hydrogens is 364 g/mol. The van der Waals surface area contributed by atoms with E-state index < -0.39 is 0 Å². The van der Waals surface area contributed by atoms with Crippen molar-refractivity contribution < 1.29 is 0 Å². The minimum atomic E-state index is 1.20. The lowest BCUT2D eigenvalue weighted by Crippen LogP contribution is -2.09. The Morgan fingerprint density at radius 1 is 0.400 bits per heavy atom. The summed E-state index contributed by atoms with van der Waals surface area (Å²) in [6, 6.07) is 34.8. The molecule has 0 aliphatic heterocycles. The van der Waals surface area contributed by atoms with Crippen LogP contribution in [0.2, 0.25) is 0 Å². The Balaban J connectivity index is 1.99. The normalized spacial score (nSPS) is 10.7. The van der Waals surface area contributed by atoms with Gasteiger partial charge in [0.2, 0.25) is 0 Å². The molecule has 0 atom stereocenters. The van der Waals surface area contributed by atoms with Crippen molar-refractivity contribution in [3.05, 3.63) is 97.1 Å². The molecule has 4 aromatic rings. The van der Waals surface area contributed by atoms with E-state index in [0.717, 1.165) is 0 Å². The number of hydrogen-bond donors (Lipinski definition) is 0. The van der Waals surface area contributed by atoms with Crippen LogP contribution in [0.15, 0.2) is 97.1 Å². The fourth-order valence-electron chi connectivity index (χ4n) is 3.80. The minimum absolute atomic E-state index is 1.20. The molecule has 0 radical (unpaired) electrons. The number of hydrogen-bond acceptors (Lipinski definition) is 2. The number of anilines is 2. The van der Waals surface area contributed by atoms with E-state index in [4.69, 9.17) is 0 Å². The van der Waals surface area contributed by atoms with Gasteiger partial charge in [-0.25, -0.2) is 0 Å². The van der Waals surface area contributed by atoms with Gasteiger partial charge in [-0.3, -0.25) is 0 Å². The Kier molecular flexibility index (Phi) is 5.58. The van der Waals surface area contributed by atoms with E-state index in [1.54, 1.807) is 0 Å². The lowest BCUT2D eigenvalue weighted by molar-refractivity contribution is 1.13. The molecule has 0 fully saturated rings. The van der Waals surface area contributed by atoms with Gasteiger partial charge >= 0.3 is 0 Å². The van der Waals surface area contributed by atoms with Crippen LogP contribution in [0.3, 0.4) is 0 Å². The molecule has 0 bridgehead atoms. The molecule has 0 amide bonds. The van der Waals surface area contributed by atoms with E-state index in [1.807, 2.05) is 0 Å². The fraction of sp³-hybridized carbons (Fsp3) is 0.143. The van der Waals surface area contributed by atoms with Crippen molar-refractivity contribution in [2.24, 2.45) is 0 Å². The first-order valence-electron chi connectivity index (χ1n) is 10.3. The summed E-state index contributed by atoms with van der Waals surface area (Å²) in [5.74, 6) is 0. The fourth-order valence-corrected chi connectivity index (χ4v) is 3.80. The second-order valence-corrected chi connectivity index (χ2v) is 7.98. The zero-order valence-corrected chi connectivity index (χ0v) is 18.1. The highest BCUT2D eigenvalue weighted by Gasteiger charge is 2.15. The quantitative estimate of drug-likeness (QED) is 0.368. The highest BCUT2D eigenvalue weighted by atomic mass is 15.1. The zero-order chi connectivity index (χ0) is 21.1. The molecule has 0 heterocycles. The lowest BCUT2D eigenvalue weighted by Gasteiger charge is -2.21. The highest BCUT2D eigenvalue weighted by Crippen LogP contribution is 2.41. The van der Waals surface area contributed by atoms with E-state index in [-0.39, 0.29) is 0 Å². The Morgan fingerprint density at radius 3 is 1.10 bits per heavy atom. The topological polar surface area (TPSA) is 6.48 Å². The van der Waals surface area contributed by atoms with Crippen molar-refractivity contribution in [2.45, 2.75) is 0 Å². The molecule has 0 aliphatic rings. The number of nitrogens with zero attached hydrogens (tertiary/aromatic N) is 2. The maximum absolute atomic E-state index is 2.29. The van der Waals surface area contributed by atoms with Crippen LogP contribution >= 0.6 is 0 Å². The predicted octanol–water partition coefficient (Wildman–Crippen LogP) is 6.82. The number of rotatable bonds is 5. The zero-order valence-electron chi connectivity index (χ0n) is 18.1. The Morgan fingerprint density at radius 2 is 0.767 bits per heavy atom. The second-order valence-electron chi connectivity index (χ2n) is 7.98. The van der Waals surface area contributed by atoms with E-state index in [1.165, 1.54) is 44.8 Å². The van der Waals surface area contributed by atoms with Crippen LogP contribution in [-0.2, 0) is 0 Å². The molecule has 0 aliphatic carbocycles. The van der Waals surface area contributed by atoms with E-state index in [9.17, 15) is 0 Å². The average molecular weight is 393 g/mol. The molecule has 2 nitrogen and oxygen atoms in total. The van der Waals surface area contributed by atoms with Crippen LogP contribution in [0.25, 0.3) is 33.4 Å². The third-order valence-corrected chi connectivity index (χ3v) is 5.50. The van der Waals surface area contributed by atoms with Crippen LogP contribution < -0.4 is 9.80 Å². The lowest BCUT2D eigenvalue weighted by atomic mass is 9.88. The molecule has 0 spiro atoms. The largest absolute Gasteiger partial charge is 0.378 e. The first-order chi connectivity index (χ1) is 14.5. The molecular formula is C28H28N2. The minimum Gasteiger partial charge on any atom is -0.378 e. The molecule has 0 saturated heterocycles. The van der Waals surface area contributed by atoms with Gasteiger partial charge in [0.25, 0.3) is 0 Å². The maximum Gasteiger partial charge on any atom is 0.0367 e. The maximum atomic E-state index is 2.29. The summed E-state index contributed by atoms with van der Waals surface area (Å²) in [6.07, 6.45) is 0. The molecule has 0 saturated carbocycles. The van der Waals surface area contributed by atoms with Crippen molar-refractivity contribution in [3.63, 3.8) is 0 Å². The van der Waals surface area contributed by atoms with Crippen molar-refractivity contribution in [3.8, 4) is 33.4 Å². The smallest absolute Gasteiger partial charge is 0.0367 e. The highest BCUT2D eigenvalue weighted by molar-refractivity contribution is 5.94. The molecule has 0 aromatic heterocycles. The molecule has 150 valence electrons. The Bertz CT molecular complexity index is 1040. The van der Waals surface area contributed by atoms with Gasteiger partial charge in [-0.05, 0) is 57.6 Å². The third kappa shape index (κ3) is 3.95. The predicted molar refractivity (Wildman–Crippen MR) is 131 cm³/mol. The van der Waals surface area contributed by atoms with E-state index in [0.29, 0.717) is 0 Å².